The van der Waals surface area contributed by atoms with Gasteiger partial charge in [-0.05, 0) is 31.0 Å². The fraction of sp³-hybridized carbons (Fsp3) is 0.500. The van der Waals surface area contributed by atoms with Gasteiger partial charge in [0.25, 0.3) is 5.91 Å². The van der Waals surface area contributed by atoms with Gasteiger partial charge < -0.3 is 16.2 Å². The van der Waals surface area contributed by atoms with Gasteiger partial charge in [0.1, 0.15) is 5.82 Å². The van der Waals surface area contributed by atoms with Crippen LogP contribution in [0.2, 0.25) is 0 Å². The summed E-state index contributed by atoms with van der Waals surface area (Å²) in [7, 11) is 0. The first-order valence-electron chi connectivity index (χ1n) is 6.55. The third kappa shape index (κ3) is 3.04. The van der Waals surface area contributed by atoms with Crippen LogP contribution < -0.4 is 11.1 Å². The molecule has 5 heteroatoms. The van der Waals surface area contributed by atoms with Crippen LogP contribution in [0.3, 0.4) is 0 Å². The topological polar surface area (TPSA) is 75.4 Å². The second kappa shape index (κ2) is 5.57. The number of rotatable bonds is 3. The van der Waals surface area contributed by atoms with Gasteiger partial charge in [0.15, 0.2) is 0 Å². The molecule has 1 aliphatic rings. The Morgan fingerprint density at radius 1 is 1.37 bits per heavy atom. The highest BCUT2D eigenvalue weighted by molar-refractivity contribution is 5.95. The molecule has 0 radical (unpaired) electrons. The van der Waals surface area contributed by atoms with E-state index in [4.69, 9.17) is 5.73 Å². The Morgan fingerprint density at radius 3 is 2.68 bits per heavy atom. The number of halogens is 1. The van der Waals surface area contributed by atoms with Crippen molar-refractivity contribution in [3.63, 3.8) is 0 Å². The van der Waals surface area contributed by atoms with Crippen molar-refractivity contribution in [1.29, 1.82) is 0 Å². The summed E-state index contributed by atoms with van der Waals surface area (Å²) >= 11 is 0. The van der Waals surface area contributed by atoms with Crippen LogP contribution in [0.15, 0.2) is 18.2 Å². The number of nitrogen functional groups attached to an aromatic ring is 1. The molecule has 4 nitrogen and oxygen atoms in total. The summed E-state index contributed by atoms with van der Waals surface area (Å²) in [6.45, 7) is -0.122. The number of carbonyl (C=O) groups is 1. The normalized spacial score (nSPS) is 18.0. The molecule has 0 bridgehead atoms. The molecule has 19 heavy (non-hydrogen) atoms. The van der Waals surface area contributed by atoms with Gasteiger partial charge in [0.2, 0.25) is 0 Å². The van der Waals surface area contributed by atoms with E-state index in [9.17, 15) is 14.3 Å². The van der Waals surface area contributed by atoms with Gasteiger partial charge in [-0.1, -0.05) is 19.3 Å². The van der Waals surface area contributed by atoms with Crippen LogP contribution in [0, 0.1) is 5.82 Å². The molecule has 1 aliphatic carbocycles. The monoisotopic (exact) mass is 266 g/mol. The molecule has 0 atom stereocenters. The van der Waals surface area contributed by atoms with Crippen LogP contribution in [0.1, 0.15) is 42.5 Å². The molecule has 0 heterocycles. The van der Waals surface area contributed by atoms with Crippen LogP contribution in [0.5, 0.6) is 0 Å². The van der Waals surface area contributed by atoms with Crippen molar-refractivity contribution < 1.29 is 14.3 Å². The van der Waals surface area contributed by atoms with Gasteiger partial charge in [0.05, 0.1) is 17.7 Å². The Bertz CT molecular complexity index is 471. The number of aliphatic hydroxyl groups excluding tert-OH is 1. The zero-order valence-corrected chi connectivity index (χ0v) is 10.8. The minimum absolute atomic E-state index is 0.0709. The first kappa shape index (κ1) is 13.8. The fourth-order valence-corrected chi connectivity index (χ4v) is 2.58. The maximum absolute atomic E-state index is 13.6. The summed E-state index contributed by atoms with van der Waals surface area (Å²) in [4.78, 5) is 12.1. The highest BCUT2D eigenvalue weighted by atomic mass is 19.1. The van der Waals surface area contributed by atoms with Gasteiger partial charge in [-0.15, -0.1) is 0 Å². The van der Waals surface area contributed by atoms with Crippen LogP contribution in [0.4, 0.5) is 10.1 Å². The Balaban J connectivity index is 2.17. The molecule has 2 rings (SSSR count). The summed E-state index contributed by atoms with van der Waals surface area (Å²) in [5.41, 5.74) is 5.22. The predicted octanol–water partition coefficient (Wildman–Crippen LogP) is 1.83. The summed E-state index contributed by atoms with van der Waals surface area (Å²) < 4.78 is 13.6. The van der Waals surface area contributed by atoms with E-state index >= 15 is 0 Å². The maximum Gasteiger partial charge on any atom is 0.254 e. The van der Waals surface area contributed by atoms with Crippen molar-refractivity contribution in [2.24, 2.45) is 0 Å². The van der Waals surface area contributed by atoms with Crippen LogP contribution >= 0.6 is 0 Å². The van der Waals surface area contributed by atoms with Crippen molar-refractivity contribution in [2.45, 2.75) is 37.6 Å². The maximum atomic E-state index is 13.6. The molecule has 0 unspecified atom stereocenters. The molecule has 0 aromatic heterocycles. The van der Waals surface area contributed by atoms with E-state index in [2.05, 4.69) is 5.32 Å². The molecular formula is C14H19FN2O2. The highest BCUT2D eigenvalue weighted by Gasteiger charge is 2.33. The Kier molecular flexibility index (Phi) is 4.04. The third-order valence-corrected chi connectivity index (χ3v) is 3.73. The summed E-state index contributed by atoms with van der Waals surface area (Å²) in [5.74, 6) is -1.11. The smallest absolute Gasteiger partial charge is 0.254 e. The quantitative estimate of drug-likeness (QED) is 0.731. The van der Waals surface area contributed by atoms with Crippen molar-refractivity contribution in [3.8, 4) is 0 Å². The molecule has 0 spiro atoms. The van der Waals surface area contributed by atoms with Crippen molar-refractivity contribution in [3.05, 3.63) is 29.6 Å². The lowest BCUT2D eigenvalue weighted by Crippen LogP contribution is -2.52. The van der Waals surface area contributed by atoms with E-state index < -0.39 is 17.3 Å². The number of nitrogens with one attached hydrogen (secondary N) is 1. The zero-order chi connectivity index (χ0) is 13.9. The second-order valence-electron chi connectivity index (χ2n) is 5.19. The summed E-state index contributed by atoms with van der Waals surface area (Å²) in [6.07, 6.45) is 4.46. The minimum atomic E-state index is -0.619. The summed E-state index contributed by atoms with van der Waals surface area (Å²) in [6, 6.07) is 3.91. The number of aliphatic hydroxyl groups is 1. The average Bonchev–Trinajstić information content (AvgIpc) is 2.42. The van der Waals surface area contributed by atoms with Gasteiger partial charge in [0, 0.05) is 5.69 Å². The average molecular weight is 266 g/mol. The first-order valence-corrected chi connectivity index (χ1v) is 6.55. The second-order valence-corrected chi connectivity index (χ2v) is 5.19. The van der Waals surface area contributed by atoms with Crippen LogP contribution in [-0.4, -0.2) is 23.2 Å². The van der Waals surface area contributed by atoms with E-state index in [-0.39, 0.29) is 12.2 Å². The largest absolute Gasteiger partial charge is 0.399 e. The Morgan fingerprint density at radius 2 is 2.05 bits per heavy atom. The molecule has 1 saturated carbocycles. The molecule has 1 amide bonds. The number of amides is 1. The number of nitrogens with two attached hydrogens (primary N) is 1. The lowest BCUT2D eigenvalue weighted by molar-refractivity contribution is 0.0755. The number of hydrogen-bond acceptors (Lipinski definition) is 3. The first-order chi connectivity index (χ1) is 9.06. The lowest BCUT2D eigenvalue weighted by Gasteiger charge is -2.36. The van der Waals surface area contributed by atoms with Gasteiger partial charge in [-0.3, -0.25) is 4.79 Å². The molecule has 0 saturated heterocycles. The third-order valence-electron chi connectivity index (χ3n) is 3.73. The minimum Gasteiger partial charge on any atom is -0.399 e. The number of anilines is 1. The number of carbonyl (C=O) groups excluding carboxylic acids is 1. The SMILES string of the molecule is Nc1ccc(F)c(C(=O)NC2(CO)CCCCC2)c1. The molecular weight excluding hydrogens is 247 g/mol. The number of benzene rings is 1. The van der Waals surface area contributed by atoms with Crippen molar-refractivity contribution in [1.82, 2.24) is 5.32 Å². The van der Waals surface area contributed by atoms with E-state index in [0.29, 0.717) is 5.69 Å². The van der Waals surface area contributed by atoms with Crippen molar-refractivity contribution in [2.75, 3.05) is 12.3 Å². The molecule has 104 valence electrons. The van der Waals surface area contributed by atoms with Crippen LogP contribution in [-0.2, 0) is 0 Å². The molecule has 4 N–H and O–H groups in total. The lowest BCUT2D eigenvalue weighted by atomic mass is 9.82. The number of hydrogen-bond donors (Lipinski definition) is 3. The van der Waals surface area contributed by atoms with Crippen LogP contribution in [0.25, 0.3) is 0 Å². The predicted molar refractivity (Wildman–Crippen MR) is 71.2 cm³/mol. The Labute approximate surface area is 111 Å². The van der Waals surface area contributed by atoms with Gasteiger partial charge in [-0.25, -0.2) is 4.39 Å². The Hall–Kier alpha value is -1.62. The molecule has 1 aromatic carbocycles. The van der Waals surface area contributed by atoms with Gasteiger partial charge >= 0.3 is 0 Å². The standard InChI is InChI=1S/C14H19FN2O2/c15-12-5-4-10(16)8-11(12)13(19)17-14(9-18)6-2-1-3-7-14/h4-5,8,18H,1-3,6-7,9,16H2,(H,17,19). The molecule has 1 aromatic rings. The molecule has 0 aliphatic heterocycles. The van der Waals surface area contributed by atoms with Crippen molar-refractivity contribution >= 4 is 11.6 Å². The van der Waals surface area contributed by atoms with E-state index in [1.165, 1.54) is 18.2 Å². The fourth-order valence-electron chi connectivity index (χ4n) is 2.58. The van der Waals surface area contributed by atoms with E-state index in [0.717, 1.165) is 32.1 Å². The highest BCUT2D eigenvalue weighted by Crippen LogP contribution is 2.28. The van der Waals surface area contributed by atoms with E-state index in [1.54, 1.807) is 0 Å². The molecule has 1 fully saturated rings. The zero-order valence-electron chi connectivity index (χ0n) is 10.8. The van der Waals surface area contributed by atoms with Gasteiger partial charge in [-0.2, -0.15) is 0 Å². The summed E-state index contributed by atoms with van der Waals surface area (Å²) in [5, 5.41) is 12.3. The van der Waals surface area contributed by atoms with E-state index in [1.807, 2.05) is 0 Å².